The zero-order valence-electron chi connectivity index (χ0n) is 16.5. The van der Waals surface area contributed by atoms with Crippen LogP contribution in [0.3, 0.4) is 0 Å². The summed E-state index contributed by atoms with van der Waals surface area (Å²) in [6.45, 7) is 3.64. The number of carbonyl (C=O) groups is 1. The zero-order valence-corrected chi connectivity index (χ0v) is 16.5. The summed E-state index contributed by atoms with van der Waals surface area (Å²) < 4.78 is 32.8. The normalized spacial score (nSPS) is 28.2. The van der Waals surface area contributed by atoms with Gasteiger partial charge in [-0.2, -0.15) is 0 Å². The summed E-state index contributed by atoms with van der Waals surface area (Å²) >= 11 is 0. The fourth-order valence-corrected chi connectivity index (χ4v) is 4.37. The van der Waals surface area contributed by atoms with E-state index in [1.807, 2.05) is 11.8 Å². The van der Waals surface area contributed by atoms with E-state index in [1.165, 1.54) is 12.1 Å². The Kier molecular flexibility index (Phi) is 7.24. The molecule has 2 atom stereocenters. The number of amides is 2. The molecule has 1 saturated heterocycles. The maximum Gasteiger partial charge on any atom is 0.317 e. The molecule has 1 aromatic rings. The van der Waals surface area contributed by atoms with Crippen LogP contribution in [0.15, 0.2) is 18.2 Å². The van der Waals surface area contributed by atoms with Crippen LogP contribution in [0.4, 0.5) is 13.6 Å². The number of hydrogen-bond donors (Lipinski definition) is 2. The highest BCUT2D eigenvalue weighted by Crippen LogP contribution is 2.34. The fourth-order valence-electron chi connectivity index (χ4n) is 4.37. The molecule has 7 heteroatoms. The second-order valence-electron chi connectivity index (χ2n) is 7.88. The van der Waals surface area contributed by atoms with Crippen LogP contribution in [-0.4, -0.2) is 48.8 Å². The molecule has 2 amide bonds. The minimum Gasteiger partial charge on any atom is -0.376 e. The summed E-state index contributed by atoms with van der Waals surface area (Å²) in [6.07, 6.45) is 5.42. The van der Waals surface area contributed by atoms with E-state index < -0.39 is 11.6 Å². The topological polar surface area (TPSA) is 67.6 Å². The monoisotopic (exact) mass is 395 g/mol. The number of halogens is 2. The van der Waals surface area contributed by atoms with Crippen molar-refractivity contribution < 1.29 is 18.3 Å². The number of hydrogen-bond acceptors (Lipinski definition) is 3. The Labute approximate surface area is 165 Å². The molecule has 1 aliphatic heterocycles. The van der Waals surface area contributed by atoms with E-state index in [4.69, 9.17) is 10.5 Å². The van der Waals surface area contributed by atoms with Gasteiger partial charge in [0.25, 0.3) is 0 Å². The molecule has 0 aromatic heterocycles. The Morgan fingerprint density at radius 2 is 1.96 bits per heavy atom. The lowest BCUT2D eigenvalue weighted by Gasteiger charge is -2.40. The van der Waals surface area contributed by atoms with Crippen LogP contribution in [0.2, 0.25) is 0 Å². The quantitative estimate of drug-likeness (QED) is 0.802. The molecular formula is C21H31F2N3O2. The predicted molar refractivity (Wildman–Crippen MR) is 104 cm³/mol. The number of urea groups is 1. The summed E-state index contributed by atoms with van der Waals surface area (Å²) in [5.74, 6) is -1.35. The Balaban J connectivity index is 1.51. The van der Waals surface area contributed by atoms with Crippen LogP contribution < -0.4 is 11.1 Å². The number of ether oxygens (including phenoxy) is 1. The van der Waals surface area contributed by atoms with Gasteiger partial charge in [0.15, 0.2) is 11.6 Å². The third-order valence-corrected chi connectivity index (χ3v) is 6.01. The average molecular weight is 395 g/mol. The first-order valence-corrected chi connectivity index (χ1v) is 10.4. The molecular weight excluding hydrogens is 364 g/mol. The smallest absolute Gasteiger partial charge is 0.317 e. The third-order valence-electron chi connectivity index (χ3n) is 6.01. The minimum atomic E-state index is -0.804. The highest BCUT2D eigenvalue weighted by molar-refractivity contribution is 5.74. The van der Waals surface area contributed by atoms with Crippen LogP contribution in [0.5, 0.6) is 0 Å². The molecule has 1 heterocycles. The van der Waals surface area contributed by atoms with E-state index in [9.17, 15) is 13.6 Å². The van der Waals surface area contributed by atoms with Gasteiger partial charge in [0.1, 0.15) is 0 Å². The van der Waals surface area contributed by atoms with Crippen LogP contribution in [0, 0.1) is 11.6 Å². The molecule has 3 N–H and O–H groups in total. The van der Waals surface area contributed by atoms with Crippen molar-refractivity contribution in [1.29, 1.82) is 0 Å². The molecule has 5 nitrogen and oxygen atoms in total. The predicted octanol–water partition coefficient (Wildman–Crippen LogP) is 3.53. The Morgan fingerprint density at radius 3 is 2.64 bits per heavy atom. The van der Waals surface area contributed by atoms with Gasteiger partial charge < -0.3 is 20.7 Å². The molecule has 28 heavy (non-hydrogen) atoms. The number of rotatable bonds is 5. The van der Waals surface area contributed by atoms with Crippen molar-refractivity contribution in [3.05, 3.63) is 35.4 Å². The summed E-state index contributed by atoms with van der Waals surface area (Å²) in [5.41, 5.74) is 7.13. The van der Waals surface area contributed by atoms with Crippen molar-refractivity contribution in [2.75, 3.05) is 19.7 Å². The number of nitrogens with two attached hydrogens (primary N) is 1. The second kappa shape index (κ2) is 9.65. The maximum atomic E-state index is 13.5. The molecule has 3 rings (SSSR count). The van der Waals surface area contributed by atoms with Crippen molar-refractivity contribution in [3.63, 3.8) is 0 Å². The molecule has 0 radical (unpaired) electrons. The lowest BCUT2D eigenvalue weighted by molar-refractivity contribution is -0.0158. The van der Waals surface area contributed by atoms with E-state index >= 15 is 0 Å². The summed E-state index contributed by atoms with van der Waals surface area (Å²) in [6, 6.07) is 3.93. The molecule has 1 saturated carbocycles. The molecule has 2 aliphatic rings. The number of likely N-dealkylation sites (tertiary alicyclic amines) is 1. The van der Waals surface area contributed by atoms with E-state index in [1.54, 1.807) is 6.07 Å². The van der Waals surface area contributed by atoms with Crippen LogP contribution in [0.1, 0.15) is 56.9 Å². The van der Waals surface area contributed by atoms with Crippen molar-refractivity contribution in [2.24, 2.45) is 5.73 Å². The maximum absolute atomic E-state index is 13.5. The van der Waals surface area contributed by atoms with Gasteiger partial charge in [-0.25, -0.2) is 13.6 Å². The minimum absolute atomic E-state index is 0.0742. The fraction of sp³-hybridized carbons (Fsp3) is 0.667. The van der Waals surface area contributed by atoms with Crippen molar-refractivity contribution >= 4 is 6.03 Å². The molecule has 1 aromatic carbocycles. The molecule has 0 spiro atoms. The Bertz CT molecular complexity index is 665. The largest absolute Gasteiger partial charge is 0.376 e. The summed E-state index contributed by atoms with van der Waals surface area (Å²) in [4.78, 5) is 14.1. The van der Waals surface area contributed by atoms with Gasteiger partial charge >= 0.3 is 6.03 Å². The number of nitrogens with one attached hydrogen (secondary N) is 1. The van der Waals surface area contributed by atoms with Gasteiger partial charge in [0.2, 0.25) is 0 Å². The first-order chi connectivity index (χ1) is 13.5. The van der Waals surface area contributed by atoms with E-state index in [0.29, 0.717) is 19.7 Å². The standard InChI is InChI=1S/C21H31F2N3O2/c1-2-25-21(27)26-11-3-4-19(24)20(26)13-28-16-8-5-14(6-9-16)15-7-10-17(22)18(23)12-15/h7,10,12,14,16,19-20H,2-6,8-9,11,13,24H2,1H3,(H,25,27)/t14?,16?,19-,20-/m0/s1. The SMILES string of the molecule is CCNC(=O)N1CCC[C@H](N)[C@@H]1COC1CCC(c2ccc(F)c(F)c2)CC1. The van der Waals surface area contributed by atoms with Gasteiger partial charge in [0, 0.05) is 19.1 Å². The number of benzene rings is 1. The van der Waals surface area contributed by atoms with E-state index in [2.05, 4.69) is 5.32 Å². The first-order valence-electron chi connectivity index (χ1n) is 10.4. The second-order valence-corrected chi connectivity index (χ2v) is 7.88. The lowest BCUT2D eigenvalue weighted by atomic mass is 9.82. The number of nitrogens with zero attached hydrogens (tertiary/aromatic N) is 1. The Morgan fingerprint density at radius 1 is 1.21 bits per heavy atom. The highest BCUT2D eigenvalue weighted by Gasteiger charge is 2.33. The van der Waals surface area contributed by atoms with Gasteiger partial charge in [-0.1, -0.05) is 6.07 Å². The number of piperidine rings is 1. The van der Waals surface area contributed by atoms with Crippen LogP contribution in [-0.2, 0) is 4.74 Å². The van der Waals surface area contributed by atoms with Crippen molar-refractivity contribution in [3.8, 4) is 0 Å². The van der Waals surface area contributed by atoms with E-state index in [-0.39, 0.29) is 30.1 Å². The first kappa shape index (κ1) is 21.0. The molecule has 2 fully saturated rings. The summed E-state index contributed by atoms with van der Waals surface area (Å²) in [5, 5.41) is 2.85. The Hall–Kier alpha value is -1.73. The molecule has 0 unspecified atom stereocenters. The van der Waals surface area contributed by atoms with E-state index in [0.717, 1.165) is 44.1 Å². The lowest BCUT2D eigenvalue weighted by Crippen LogP contribution is -2.58. The van der Waals surface area contributed by atoms with Crippen LogP contribution >= 0.6 is 0 Å². The van der Waals surface area contributed by atoms with Gasteiger partial charge in [-0.3, -0.25) is 0 Å². The molecule has 0 bridgehead atoms. The zero-order chi connectivity index (χ0) is 20.1. The van der Waals surface area contributed by atoms with Crippen LogP contribution in [0.25, 0.3) is 0 Å². The number of carbonyl (C=O) groups excluding carboxylic acids is 1. The highest BCUT2D eigenvalue weighted by atomic mass is 19.2. The molecule has 156 valence electrons. The third kappa shape index (κ3) is 5.00. The average Bonchev–Trinajstić information content (AvgIpc) is 2.69. The van der Waals surface area contributed by atoms with Gasteiger partial charge in [-0.15, -0.1) is 0 Å². The van der Waals surface area contributed by atoms with Gasteiger partial charge in [0.05, 0.1) is 18.8 Å². The summed E-state index contributed by atoms with van der Waals surface area (Å²) in [7, 11) is 0. The van der Waals surface area contributed by atoms with Gasteiger partial charge in [-0.05, 0) is 69.1 Å². The molecule has 1 aliphatic carbocycles. The van der Waals surface area contributed by atoms with Crippen molar-refractivity contribution in [1.82, 2.24) is 10.2 Å². The van der Waals surface area contributed by atoms with Crippen molar-refractivity contribution in [2.45, 2.75) is 69.6 Å².